The molecule has 0 aliphatic carbocycles. The van der Waals surface area contributed by atoms with Crippen LogP contribution in [0.3, 0.4) is 0 Å². The van der Waals surface area contributed by atoms with Crippen LogP contribution in [0.1, 0.15) is 17.3 Å². The molecule has 4 N–H and O–H groups in total. The van der Waals surface area contributed by atoms with Gasteiger partial charge >= 0.3 is 0 Å². The first-order valence-electron chi connectivity index (χ1n) is 9.67. The van der Waals surface area contributed by atoms with Crippen molar-refractivity contribution in [2.24, 2.45) is 5.73 Å². The Morgan fingerprint density at radius 3 is 2.52 bits per heavy atom. The van der Waals surface area contributed by atoms with E-state index in [1.807, 2.05) is 48.2 Å². The maximum Gasteiger partial charge on any atom is 0.254 e. The number of nitrogens with zero attached hydrogens (tertiary/aromatic N) is 3. The molecule has 9 heteroatoms. The number of benzene rings is 2. The van der Waals surface area contributed by atoms with E-state index in [2.05, 4.69) is 20.6 Å². The van der Waals surface area contributed by atoms with Gasteiger partial charge in [-0.25, -0.2) is 4.98 Å². The van der Waals surface area contributed by atoms with E-state index in [0.717, 1.165) is 5.69 Å². The predicted octanol–water partition coefficient (Wildman–Crippen LogP) is 3.06. The van der Waals surface area contributed by atoms with Crippen LogP contribution >= 0.6 is 0 Å². The Labute approximate surface area is 180 Å². The van der Waals surface area contributed by atoms with Crippen molar-refractivity contribution in [3.8, 4) is 0 Å². The third-order valence-corrected chi connectivity index (χ3v) is 4.35. The van der Waals surface area contributed by atoms with Crippen molar-refractivity contribution in [3.63, 3.8) is 0 Å². The van der Waals surface area contributed by atoms with Crippen LogP contribution in [0.25, 0.3) is 0 Å². The van der Waals surface area contributed by atoms with Crippen molar-refractivity contribution in [2.75, 3.05) is 35.8 Å². The highest BCUT2D eigenvalue weighted by molar-refractivity contribution is 5.98. The second-order valence-electron chi connectivity index (χ2n) is 6.56. The number of nitrogens with two attached hydrogens (primary N) is 1. The Morgan fingerprint density at radius 1 is 1.10 bits per heavy atom. The first kappa shape index (κ1) is 21.7. The fourth-order valence-corrected chi connectivity index (χ4v) is 3.01. The third-order valence-electron chi connectivity index (χ3n) is 4.35. The number of para-hydroxylation sites is 1. The zero-order valence-electron chi connectivity index (χ0n) is 17.3. The maximum absolute atomic E-state index is 12.0. The lowest BCUT2D eigenvalue weighted by atomic mass is 10.2. The first-order chi connectivity index (χ1) is 15.0. The number of amides is 2. The predicted molar refractivity (Wildman–Crippen MR) is 120 cm³/mol. The maximum atomic E-state index is 12.0. The molecule has 2 aromatic carbocycles. The van der Waals surface area contributed by atoms with Crippen LogP contribution in [0.15, 0.2) is 60.8 Å². The number of nitrogens with one attached hydrogen (secondary N) is 2. The molecular formula is C22H24N6O3. The molecule has 31 heavy (non-hydrogen) atoms. The lowest BCUT2D eigenvalue weighted by Gasteiger charge is -2.24. The summed E-state index contributed by atoms with van der Waals surface area (Å²) in [5, 5.41) is 5.84. The molecule has 0 saturated carbocycles. The summed E-state index contributed by atoms with van der Waals surface area (Å²) in [7, 11) is 1.46. The van der Waals surface area contributed by atoms with Gasteiger partial charge in [-0.05, 0) is 37.3 Å². The van der Waals surface area contributed by atoms with E-state index in [-0.39, 0.29) is 24.0 Å². The minimum absolute atomic E-state index is 0.0367. The van der Waals surface area contributed by atoms with E-state index < -0.39 is 5.91 Å². The van der Waals surface area contributed by atoms with E-state index >= 15 is 0 Å². The van der Waals surface area contributed by atoms with Gasteiger partial charge in [-0.1, -0.05) is 24.3 Å². The Kier molecular flexibility index (Phi) is 7.13. The number of hydrogen-bond acceptors (Lipinski definition) is 7. The van der Waals surface area contributed by atoms with Gasteiger partial charge in [-0.2, -0.15) is 4.98 Å². The highest BCUT2D eigenvalue weighted by atomic mass is 16.5. The fraction of sp³-hybridized carbons (Fsp3) is 0.182. The molecule has 9 nitrogen and oxygen atoms in total. The molecule has 0 spiro atoms. The molecule has 0 atom stereocenters. The molecule has 1 heterocycles. The first-order valence-corrected chi connectivity index (χ1v) is 9.67. The number of carbonyl (C=O) groups is 2. The van der Waals surface area contributed by atoms with Crippen molar-refractivity contribution >= 4 is 40.6 Å². The molecule has 0 saturated heterocycles. The minimum Gasteiger partial charge on any atom is -0.375 e. The zero-order chi connectivity index (χ0) is 22.2. The molecule has 160 valence electrons. The average Bonchev–Trinajstić information content (AvgIpc) is 2.75. The van der Waals surface area contributed by atoms with E-state index in [1.54, 1.807) is 18.2 Å². The normalized spacial score (nSPS) is 10.4. The van der Waals surface area contributed by atoms with Crippen LogP contribution in [-0.2, 0) is 9.53 Å². The number of aromatic nitrogens is 2. The second kappa shape index (κ2) is 10.2. The Morgan fingerprint density at radius 2 is 1.84 bits per heavy atom. The molecule has 0 unspecified atom stereocenters. The average molecular weight is 420 g/mol. The standard InChI is InChI=1S/C22H24N6O3/c1-3-28(17-10-5-4-6-11-17)21-18(20(23)30)13-24-22(27-21)26-16-9-7-8-15(12-16)25-19(29)14-31-2/h4-13H,3,14H2,1-2H3,(H2,23,30)(H,25,29)(H,24,26,27). The van der Waals surface area contributed by atoms with Gasteiger partial charge < -0.3 is 26.0 Å². The third kappa shape index (κ3) is 5.55. The van der Waals surface area contributed by atoms with Crippen molar-refractivity contribution in [1.29, 1.82) is 0 Å². The van der Waals surface area contributed by atoms with Gasteiger partial charge in [0.05, 0.1) is 0 Å². The molecule has 0 bridgehead atoms. The van der Waals surface area contributed by atoms with Gasteiger partial charge in [0.15, 0.2) is 5.82 Å². The lowest BCUT2D eigenvalue weighted by Crippen LogP contribution is -2.24. The van der Waals surface area contributed by atoms with E-state index in [0.29, 0.717) is 23.7 Å². The van der Waals surface area contributed by atoms with Crippen molar-refractivity contribution in [3.05, 3.63) is 66.4 Å². The summed E-state index contributed by atoms with van der Waals surface area (Å²) in [5.41, 5.74) is 7.92. The van der Waals surface area contributed by atoms with Crippen LogP contribution in [-0.4, -0.2) is 42.0 Å². The fourth-order valence-electron chi connectivity index (χ4n) is 3.01. The summed E-state index contributed by atoms with van der Waals surface area (Å²) in [5.74, 6) is -0.178. The van der Waals surface area contributed by atoms with E-state index in [4.69, 9.17) is 10.5 Å². The number of rotatable bonds is 9. The molecule has 3 aromatic rings. The molecule has 1 aromatic heterocycles. The summed E-state index contributed by atoms with van der Waals surface area (Å²) in [4.78, 5) is 34.4. The summed E-state index contributed by atoms with van der Waals surface area (Å²) < 4.78 is 4.82. The van der Waals surface area contributed by atoms with Crippen LogP contribution in [0.5, 0.6) is 0 Å². The summed E-state index contributed by atoms with van der Waals surface area (Å²) in [6.07, 6.45) is 1.41. The number of methoxy groups -OCH3 is 1. The molecule has 2 amide bonds. The smallest absolute Gasteiger partial charge is 0.254 e. The molecule has 0 fully saturated rings. The second-order valence-corrected chi connectivity index (χ2v) is 6.56. The van der Waals surface area contributed by atoms with Gasteiger partial charge in [0, 0.05) is 36.9 Å². The van der Waals surface area contributed by atoms with Crippen LogP contribution in [0.2, 0.25) is 0 Å². The van der Waals surface area contributed by atoms with Crippen LogP contribution in [0.4, 0.5) is 28.8 Å². The number of anilines is 5. The molecule has 0 aliphatic heterocycles. The molecule has 3 rings (SSSR count). The SMILES string of the molecule is CCN(c1ccccc1)c1nc(Nc2cccc(NC(=O)COC)c2)ncc1C(N)=O. The van der Waals surface area contributed by atoms with Gasteiger partial charge in [-0.15, -0.1) is 0 Å². The van der Waals surface area contributed by atoms with Crippen molar-refractivity contribution in [1.82, 2.24) is 9.97 Å². The summed E-state index contributed by atoms with van der Waals surface area (Å²) in [6, 6.07) is 16.7. The van der Waals surface area contributed by atoms with Crippen molar-refractivity contribution in [2.45, 2.75) is 6.92 Å². The largest absolute Gasteiger partial charge is 0.375 e. The Bertz CT molecular complexity index is 1060. The van der Waals surface area contributed by atoms with Gasteiger partial charge in [-0.3, -0.25) is 9.59 Å². The van der Waals surface area contributed by atoms with Gasteiger partial charge in [0.2, 0.25) is 11.9 Å². The highest BCUT2D eigenvalue weighted by Crippen LogP contribution is 2.28. The van der Waals surface area contributed by atoms with Crippen LogP contribution < -0.4 is 21.3 Å². The highest BCUT2D eigenvalue weighted by Gasteiger charge is 2.19. The van der Waals surface area contributed by atoms with E-state index in [9.17, 15) is 9.59 Å². The quantitative estimate of drug-likeness (QED) is 0.486. The Hall–Kier alpha value is -3.98. The number of ether oxygens (including phenoxy) is 1. The summed E-state index contributed by atoms with van der Waals surface area (Å²) >= 11 is 0. The topological polar surface area (TPSA) is 122 Å². The molecular weight excluding hydrogens is 396 g/mol. The molecule has 0 aliphatic rings. The molecule has 0 radical (unpaired) electrons. The Balaban J connectivity index is 1.90. The number of carbonyl (C=O) groups excluding carboxylic acids is 2. The van der Waals surface area contributed by atoms with Crippen molar-refractivity contribution < 1.29 is 14.3 Å². The monoisotopic (exact) mass is 420 g/mol. The zero-order valence-corrected chi connectivity index (χ0v) is 17.3. The lowest BCUT2D eigenvalue weighted by molar-refractivity contribution is -0.119. The number of primary amides is 1. The van der Waals surface area contributed by atoms with Gasteiger partial charge in [0.25, 0.3) is 5.91 Å². The minimum atomic E-state index is -0.612. The number of hydrogen-bond donors (Lipinski definition) is 3. The summed E-state index contributed by atoms with van der Waals surface area (Å²) in [6.45, 7) is 2.49. The van der Waals surface area contributed by atoms with Gasteiger partial charge in [0.1, 0.15) is 12.2 Å². The van der Waals surface area contributed by atoms with E-state index in [1.165, 1.54) is 13.3 Å². The van der Waals surface area contributed by atoms with Crippen LogP contribution in [0, 0.1) is 0 Å².